The number of pyridine rings is 1. The number of halogens is 3. The molecule has 0 aliphatic rings. The molecule has 2 aromatic heterocycles. The van der Waals surface area contributed by atoms with Crippen molar-refractivity contribution in [1.82, 2.24) is 14.2 Å². The summed E-state index contributed by atoms with van der Waals surface area (Å²) in [6.45, 7) is -0.350. The molecule has 0 atom stereocenters. The molecular weight excluding hydrogens is 269 g/mol. The van der Waals surface area contributed by atoms with Crippen molar-refractivity contribution >= 4 is 16.5 Å². The number of nitrogens with zero attached hydrogens (tertiary/aromatic N) is 3. The van der Waals surface area contributed by atoms with Crippen LogP contribution >= 0.6 is 11.5 Å². The highest BCUT2D eigenvalue weighted by Crippen LogP contribution is 2.28. The van der Waals surface area contributed by atoms with E-state index in [1.165, 1.54) is 0 Å². The number of hydrogen-bond acceptors (Lipinski definition) is 5. The third-order valence-electron chi connectivity index (χ3n) is 2.23. The topological polar surface area (TPSA) is 73.8 Å². The Morgan fingerprint density at radius 2 is 2.11 bits per heavy atom. The Kier molecular flexibility index (Phi) is 3.07. The molecule has 0 radical (unpaired) electrons. The van der Waals surface area contributed by atoms with Gasteiger partial charge in [-0.15, -0.1) is 5.10 Å². The summed E-state index contributed by atoms with van der Waals surface area (Å²) >= 11 is 0.863. The van der Waals surface area contributed by atoms with Gasteiger partial charge in [0.1, 0.15) is 16.4 Å². The molecule has 9 heteroatoms. The lowest BCUT2D eigenvalue weighted by Gasteiger charge is -2.13. The number of alkyl halides is 3. The van der Waals surface area contributed by atoms with Crippen molar-refractivity contribution in [1.29, 1.82) is 0 Å². The minimum absolute atomic E-state index is 0.152. The minimum Gasteiger partial charge on any atom is -0.388 e. The maximum Gasteiger partial charge on any atom is 0.431 e. The van der Waals surface area contributed by atoms with E-state index in [0.29, 0.717) is 4.57 Å². The van der Waals surface area contributed by atoms with Gasteiger partial charge in [-0.25, -0.2) is 0 Å². The van der Waals surface area contributed by atoms with Crippen LogP contribution in [0.1, 0.15) is 11.4 Å². The number of nitrogen functional groups attached to an aromatic ring is 1. The molecule has 0 aliphatic carbocycles. The highest BCUT2D eigenvalue weighted by Gasteiger charge is 2.34. The van der Waals surface area contributed by atoms with Gasteiger partial charge >= 0.3 is 6.18 Å². The molecule has 5 nitrogen and oxygen atoms in total. The van der Waals surface area contributed by atoms with Gasteiger partial charge in [-0.1, -0.05) is 10.6 Å². The van der Waals surface area contributed by atoms with Gasteiger partial charge in [-0.05, 0) is 6.07 Å². The zero-order valence-corrected chi connectivity index (χ0v) is 9.63. The summed E-state index contributed by atoms with van der Waals surface area (Å²) in [7, 11) is 0. The fourth-order valence-corrected chi connectivity index (χ4v) is 1.84. The Bertz CT molecular complexity index is 619. The molecule has 0 saturated carbocycles. The van der Waals surface area contributed by atoms with Gasteiger partial charge in [0.05, 0.1) is 6.54 Å². The van der Waals surface area contributed by atoms with Crippen LogP contribution in [0.15, 0.2) is 23.0 Å². The Morgan fingerprint density at radius 3 is 2.67 bits per heavy atom. The van der Waals surface area contributed by atoms with E-state index in [2.05, 4.69) is 9.59 Å². The summed E-state index contributed by atoms with van der Waals surface area (Å²) in [4.78, 5) is 11.5. The predicted octanol–water partition coefficient (Wildman–Crippen LogP) is 1.35. The summed E-state index contributed by atoms with van der Waals surface area (Å²) in [5, 5.41) is 3.79. The van der Waals surface area contributed by atoms with Crippen LogP contribution in [0.2, 0.25) is 0 Å². The zero-order valence-electron chi connectivity index (χ0n) is 8.81. The quantitative estimate of drug-likeness (QED) is 0.898. The Morgan fingerprint density at radius 1 is 1.39 bits per heavy atom. The van der Waals surface area contributed by atoms with Gasteiger partial charge in [0.25, 0.3) is 5.56 Å². The number of nitrogens with two attached hydrogens (primary N) is 1. The SMILES string of the molecule is Nc1snnc1Cn1c(C(F)(F)F)cccc1=O. The normalized spacial score (nSPS) is 11.7. The second-order valence-electron chi connectivity index (χ2n) is 3.42. The summed E-state index contributed by atoms with van der Waals surface area (Å²) < 4.78 is 42.3. The van der Waals surface area contributed by atoms with Crippen LogP contribution in [0.25, 0.3) is 0 Å². The molecule has 0 fully saturated rings. The molecule has 0 bridgehead atoms. The van der Waals surface area contributed by atoms with Gasteiger partial charge in [0.15, 0.2) is 0 Å². The van der Waals surface area contributed by atoms with Crippen molar-refractivity contribution in [2.24, 2.45) is 0 Å². The second kappa shape index (κ2) is 4.41. The van der Waals surface area contributed by atoms with Gasteiger partial charge < -0.3 is 5.73 Å². The lowest BCUT2D eigenvalue weighted by molar-refractivity contribution is -0.144. The van der Waals surface area contributed by atoms with Crippen LogP contribution in [0.5, 0.6) is 0 Å². The van der Waals surface area contributed by atoms with Crippen molar-refractivity contribution in [2.45, 2.75) is 12.7 Å². The molecule has 2 aromatic rings. The molecule has 0 amide bonds. The fraction of sp³-hybridized carbons (Fsp3) is 0.222. The Hall–Kier alpha value is -1.90. The van der Waals surface area contributed by atoms with E-state index in [9.17, 15) is 18.0 Å². The van der Waals surface area contributed by atoms with Crippen molar-refractivity contribution in [3.8, 4) is 0 Å². The van der Waals surface area contributed by atoms with E-state index in [4.69, 9.17) is 5.73 Å². The smallest absolute Gasteiger partial charge is 0.388 e. The largest absolute Gasteiger partial charge is 0.431 e. The fourth-order valence-electron chi connectivity index (χ4n) is 1.41. The van der Waals surface area contributed by atoms with E-state index in [-0.39, 0.29) is 17.2 Å². The monoisotopic (exact) mass is 276 g/mol. The summed E-state index contributed by atoms with van der Waals surface area (Å²) in [6, 6.07) is 2.94. The van der Waals surface area contributed by atoms with Crippen LogP contribution in [-0.4, -0.2) is 14.2 Å². The van der Waals surface area contributed by atoms with E-state index >= 15 is 0 Å². The average Bonchev–Trinajstić information content (AvgIpc) is 2.66. The number of aromatic nitrogens is 3. The third-order valence-corrected chi connectivity index (χ3v) is 2.83. The van der Waals surface area contributed by atoms with Crippen molar-refractivity contribution in [3.05, 3.63) is 39.9 Å². The maximum absolute atomic E-state index is 12.7. The van der Waals surface area contributed by atoms with Gasteiger partial charge in [-0.2, -0.15) is 13.2 Å². The Balaban J connectivity index is 2.51. The number of hydrogen-bond donors (Lipinski definition) is 1. The van der Waals surface area contributed by atoms with Crippen molar-refractivity contribution in [3.63, 3.8) is 0 Å². The van der Waals surface area contributed by atoms with Gasteiger partial charge in [0.2, 0.25) is 0 Å². The van der Waals surface area contributed by atoms with Crippen molar-refractivity contribution in [2.75, 3.05) is 5.73 Å². The maximum atomic E-state index is 12.7. The second-order valence-corrected chi connectivity index (χ2v) is 4.20. The first kappa shape index (κ1) is 12.6. The van der Waals surface area contributed by atoms with E-state index in [1.54, 1.807) is 0 Å². The average molecular weight is 276 g/mol. The third kappa shape index (κ3) is 2.35. The highest BCUT2D eigenvalue weighted by atomic mass is 32.1. The molecule has 0 aromatic carbocycles. The molecule has 2 rings (SSSR count). The lowest BCUT2D eigenvalue weighted by Crippen LogP contribution is -2.27. The van der Waals surface area contributed by atoms with E-state index < -0.39 is 17.4 Å². The van der Waals surface area contributed by atoms with Gasteiger partial charge in [0, 0.05) is 17.6 Å². The molecule has 0 unspecified atom stereocenters. The first-order valence-electron chi connectivity index (χ1n) is 4.73. The number of rotatable bonds is 2. The van der Waals surface area contributed by atoms with Crippen LogP contribution in [-0.2, 0) is 12.7 Å². The first-order chi connectivity index (χ1) is 8.39. The van der Waals surface area contributed by atoms with Crippen LogP contribution < -0.4 is 11.3 Å². The van der Waals surface area contributed by atoms with E-state index in [0.717, 1.165) is 29.7 Å². The van der Waals surface area contributed by atoms with Crippen molar-refractivity contribution < 1.29 is 13.2 Å². The summed E-state index contributed by atoms with van der Waals surface area (Å²) in [5.74, 6) is 0. The molecule has 0 aliphatic heterocycles. The van der Waals surface area contributed by atoms with Crippen LogP contribution in [0.4, 0.5) is 18.2 Å². The Labute approximate surface area is 103 Å². The summed E-state index contributed by atoms with van der Waals surface area (Å²) in [6.07, 6.45) is -4.61. The lowest BCUT2D eigenvalue weighted by atomic mass is 10.3. The molecule has 0 saturated heterocycles. The first-order valence-corrected chi connectivity index (χ1v) is 5.50. The minimum atomic E-state index is -4.61. The zero-order chi connectivity index (χ0) is 13.3. The molecule has 2 heterocycles. The predicted molar refractivity (Wildman–Crippen MR) is 59.1 cm³/mol. The van der Waals surface area contributed by atoms with E-state index in [1.807, 2.05) is 0 Å². The molecule has 2 N–H and O–H groups in total. The molecule has 96 valence electrons. The van der Waals surface area contributed by atoms with Crippen LogP contribution in [0, 0.1) is 0 Å². The molecule has 0 spiro atoms. The van der Waals surface area contributed by atoms with Gasteiger partial charge in [-0.3, -0.25) is 9.36 Å². The molecule has 18 heavy (non-hydrogen) atoms. The highest BCUT2D eigenvalue weighted by molar-refractivity contribution is 7.09. The summed E-state index contributed by atoms with van der Waals surface area (Å²) in [5.41, 5.74) is 3.84. The number of anilines is 1. The standard InChI is InChI=1S/C9H7F3N4OS/c10-9(11,12)6-2-1-3-7(17)16(6)4-5-8(13)18-15-14-5/h1-3H,4,13H2. The molecular formula is C9H7F3N4OS. The van der Waals surface area contributed by atoms with Crippen LogP contribution in [0.3, 0.4) is 0 Å².